The zero-order chi connectivity index (χ0) is 33.4. The highest BCUT2D eigenvalue weighted by molar-refractivity contribution is 7.91. The summed E-state index contributed by atoms with van der Waals surface area (Å²) in [5, 5.41) is 10.3. The number of anilines is 1. The van der Waals surface area contributed by atoms with E-state index in [0.717, 1.165) is 59.7 Å². The zero-order valence-corrected chi connectivity index (χ0v) is 29.9. The van der Waals surface area contributed by atoms with E-state index in [2.05, 4.69) is 20.1 Å². The molecule has 4 aromatic rings. The summed E-state index contributed by atoms with van der Waals surface area (Å²) in [6.45, 7) is 4.55. The Morgan fingerprint density at radius 1 is 1.12 bits per heavy atom. The van der Waals surface area contributed by atoms with Crippen LogP contribution < -0.4 is 19.7 Å². The summed E-state index contributed by atoms with van der Waals surface area (Å²) in [6, 6.07) is 9.74. The molecule has 48 heavy (non-hydrogen) atoms. The van der Waals surface area contributed by atoms with Crippen molar-refractivity contribution in [2.75, 3.05) is 11.5 Å². The fourth-order valence-electron chi connectivity index (χ4n) is 7.23. The van der Waals surface area contributed by atoms with Gasteiger partial charge in [-0.25, -0.2) is 18.1 Å². The molecule has 2 aromatic carbocycles. The van der Waals surface area contributed by atoms with Crippen LogP contribution in [0.25, 0.3) is 21.5 Å². The van der Waals surface area contributed by atoms with Gasteiger partial charge in [0.05, 0.1) is 26.1 Å². The number of nitrogens with zero attached hydrogens (tertiary/aromatic N) is 3. The molecule has 2 N–H and O–H groups in total. The van der Waals surface area contributed by atoms with Crippen molar-refractivity contribution in [3.8, 4) is 17.0 Å². The van der Waals surface area contributed by atoms with E-state index < -0.39 is 20.7 Å². The lowest BCUT2D eigenvalue weighted by molar-refractivity contribution is 0.0980. The molecule has 1 amide bonds. The molecule has 4 aliphatic rings. The Kier molecular flexibility index (Phi) is 8.18. The summed E-state index contributed by atoms with van der Waals surface area (Å²) in [5.41, 5.74) is 3.40. The molecule has 8 rings (SSSR count). The number of amides is 1. The predicted molar refractivity (Wildman–Crippen MR) is 188 cm³/mol. The molecule has 2 bridgehead atoms. The van der Waals surface area contributed by atoms with Gasteiger partial charge >= 0.3 is 0 Å². The second-order valence-electron chi connectivity index (χ2n) is 13.7. The van der Waals surface area contributed by atoms with Gasteiger partial charge in [-0.15, -0.1) is 0 Å². The molecule has 2 unspecified atom stereocenters. The van der Waals surface area contributed by atoms with Gasteiger partial charge in [0.2, 0.25) is 10.0 Å². The minimum absolute atomic E-state index is 0.247. The van der Waals surface area contributed by atoms with Crippen molar-refractivity contribution in [1.82, 2.24) is 20.2 Å². The fraction of sp³-hybridized carbons (Fsp3) is 0.500. The first-order valence-corrected chi connectivity index (χ1v) is 19.7. The third-order valence-corrected chi connectivity index (χ3v) is 14.1. The standard InChI is InChI=1S/C34H37Cl2N5O5S2/c1-3-45-26-13-19(32(42)40-48(43,44)34(2)11-12-34)14-27-30(26)38-33(47-27)41-21-9-10-22(41)16-20(15-21)37-17-23-29(39-46-31(23)18-7-8-18)28-24(35)5-4-6-25(28)36/h4-6,13-14,18,20-22,37H,3,7-12,15-17H2,1-2H3,(H,40,42). The van der Waals surface area contributed by atoms with Crippen molar-refractivity contribution < 1.29 is 22.5 Å². The molecule has 254 valence electrons. The lowest BCUT2D eigenvalue weighted by Gasteiger charge is -2.39. The van der Waals surface area contributed by atoms with Crippen molar-refractivity contribution in [2.24, 2.45) is 0 Å². The molecule has 4 heterocycles. The molecule has 4 fully saturated rings. The van der Waals surface area contributed by atoms with Gasteiger partial charge in [-0.3, -0.25) is 4.79 Å². The maximum absolute atomic E-state index is 13.1. The number of carbonyl (C=O) groups is 1. The molecule has 2 atom stereocenters. The van der Waals surface area contributed by atoms with Gasteiger partial charge in [0.15, 0.2) is 5.13 Å². The first-order valence-electron chi connectivity index (χ1n) is 16.6. The molecular weight excluding hydrogens is 693 g/mol. The average Bonchev–Trinajstić information content (AvgIpc) is 3.93. The Bertz CT molecular complexity index is 1990. The van der Waals surface area contributed by atoms with E-state index in [-0.39, 0.29) is 5.56 Å². The van der Waals surface area contributed by atoms with E-state index in [4.69, 9.17) is 37.4 Å². The Labute approximate surface area is 293 Å². The van der Waals surface area contributed by atoms with E-state index >= 15 is 0 Å². The third-order valence-electron chi connectivity index (χ3n) is 10.3. The van der Waals surface area contributed by atoms with Gasteiger partial charge in [0, 0.05) is 47.3 Å². The first kappa shape index (κ1) is 32.3. The molecular formula is C34H37Cl2N5O5S2. The second-order valence-corrected chi connectivity index (χ2v) is 17.7. The van der Waals surface area contributed by atoms with Crippen molar-refractivity contribution in [3.63, 3.8) is 0 Å². The third kappa shape index (κ3) is 5.77. The minimum Gasteiger partial charge on any atom is -0.492 e. The molecule has 2 saturated carbocycles. The Morgan fingerprint density at radius 3 is 2.48 bits per heavy atom. The number of sulfonamides is 1. The lowest BCUT2D eigenvalue weighted by atomic mass is 9.97. The Morgan fingerprint density at radius 2 is 1.83 bits per heavy atom. The van der Waals surface area contributed by atoms with Crippen LogP contribution in [-0.2, 0) is 16.6 Å². The van der Waals surface area contributed by atoms with Gasteiger partial charge in [0.25, 0.3) is 5.91 Å². The number of fused-ring (bicyclic) bond motifs is 3. The van der Waals surface area contributed by atoms with Gasteiger partial charge in [-0.2, -0.15) is 0 Å². The SMILES string of the molecule is CCOc1cc(C(=O)NS(=O)(=O)C2(C)CC2)cc2sc(N3C4CCC3CC(NCc3c(-c5c(Cl)cccc5Cl)noc3C3CC3)C4)nc12. The number of nitrogens with one attached hydrogen (secondary N) is 2. The average molecular weight is 731 g/mol. The first-order chi connectivity index (χ1) is 23.0. The summed E-state index contributed by atoms with van der Waals surface area (Å²) < 4.78 is 39.5. The number of aromatic nitrogens is 2. The number of benzene rings is 2. The number of halogens is 2. The summed E-state index contributed by atoms with van der Waals surface area (Å²) >= 11 is 14.7. The van der Waals surface area contributed by atoms with Crippen LogP contribution in [0.4, 0.5) is 5.13 Å². The maximum Gasteiger partial charge on any atom is 0.264 e. The number of hydrogen-bond donors (Lipinski definition) is 2. The number of rotatable bonds is 11. The molecule has 2 saturated heterocycles. The summed E-state index contributed by atoms with van der Waals surface area (Å²) in [4.78, 5) is 20.6. The van der Waals surface area contributed by atoms with Crippen LogP contribution in [0.2, 0.25) is 10.0 Å². The van der Waals surface area contributed by atoms with E-state index in [1.54, 1.807) is 19.1 Å². The number of piperidine rings is 1. The monoisotopic (exact) mass is 729 g/mol. The predicted octanol–water partition coefficient (Wildman–Crippen LogP) is 7.44. The molecule has 0 spiro atoms. The van der Waals surface area contributed by atoms with Gasteiger partial charge in [-0.1, -0.05) is 45.8 Å². The van der Waals surface area contributed by atoms with Crippen LogP contribution in [0.5, 0.6) is 5.75 Å². The Hall–Kier alpha value is -2.90. The van der Waals surface area contributed by atoms with Crippen LogP contribution in [-0.4, -0.2) is 53.9 Å². The maximum atomic E-state index is 13.1. The lowest BCUT2D eigenvalue weighted by Crippen LogP contribution is -2.49. The second kappa shape index (κ2) is 12.2. The molecule has 2 aliphatic heterocycles. The van der Waals surface area contributed by atoms with Crippen molar-refractivity contribution in [2.45, 2.75) is 101 Å². The largest absolute Gasteiger partial charge is 0.492 e. The highest BCUT2D eigenvalue weighted by Gasteiger charge is 2.51. The summed E-state index contributed by atoms with van der Waals surface area (Å²) in [6.07, 6.45) is 7.35. The van der Waals surface area contributed by atoms with Gasteiger partial charge in [-0.05, 0) is 89.5 Å². The number of hydrogen-bond acceptors (Lipinski definition) is 10. The molecule has 2 aliphatic carbocycles. The molecule has 14 heteroatoms. The number of ether oxygens (including phenoxy) is 1. The van der Waals surface area contributed by atoms with Crippen LogP contribution in [0.15, 0.2) is 34.9 Å². The van der Waals surface area contributed by atoms with Gasteiger partial charge < -0.3 is 19.5 Å². The molecule has 10 nitrogen and oxygen atoms in total. The van der Waals surface area contributed by atoms with E-state index in [1.807, 2.05) is 25.1 Å². The quantitative estimate of drug-likeness (QED) is 0.162. The smallest absolute Gasteiger partial charge is 0.264 e. The zero-order valence-electron chi connectivity index (χ0n) is 26.7. The number of carbonyl (C=O) groups excluding carboxylic acids is 1. The van der Waals surface area contributed by atoms with Crippen LogP contribution in [0.1, 0.15) is 92.8 Å². The van der Waals surface area contributed by atoms with Crippen LogP contribution in [0, 0.1) is 0 Å². The summed E-state index contributed by atoms with van der Waals surface area (Å²) in [5.74, 6) is 1.16. The highest BCUT2D eigenvalue weighted by Crippen LogP contribution is 2.47. The van der Waals surface area contributed by atoms with Crippen molar-refractivity contribution in [3.05, 3.63) is 57.3 Å². The molecule has 2 aromatic heterocycles. The van der Waals surface area contributed by atoms with Gasteiger partial charge in [0.1, 0.15) is 22.7 Å². The van der Waals surface area contributed by atoms with E-state index in [9.17, 15) is 13.2 Å². The van der Waals surface area contributed by atoms with Crippen molar-refractivity contribution >= 4 is 65.8 Å². The van der Waals surface area contributed by atoms with Crippen LogP contribution in [0.3, 0.4) is 0 Å². The highest BCUT2D eigenvalue weighted by atomic mass is 35.5. The number of thiazole rings is 1. The molecule has 0 radical (unpaired) electrons. The minimum atomic E-state index is -3.77. The summed E-state index contributed by atoms with van der Waals surface area (Å²) in [7, 11) is -3.77. The fourth-order valence-corrected chi connectivity index (χ4v) is 10.2. The van der Waals surface area contributed by atoms with Crippen molar-refractivity contribution in [1.29, 1.82) is 0 Å². The van der Waals surface area contributed by atoms with Crippen LogP contribution >= 0.6 is 34.5 Å². The normalized spacial score (nSPS) is 23.1. The van der Waals surface area contributed by atoms with E-state index in [0.29, 0.717) is 82.6 Å². The topological polar surface area (TPSA) is 127 Å². The Balaban J connectivity index is 1.01. The van der Waals surface area contributed by atoms with E-state index in [1.165, 1.54) is 11.3 Å².